The monoisotopic (exact) mass is 407 g/mol. The minimum atomic E-state index is -4.59. The van der Waals surface area contributed by atoms with Gasteiger partial charge in [-0.05, 0) is 47.2 Å². The Bertz CT molecular complexity index is 939. The molecule has 1 fully saturated rings. The molecule has 1 aliphatic carbocycles. The zero-order chi connectivity index (χ0) is 19.6. The van der Waals surface area contributed by atoms with E-state index in [4.69, 9.17) is 0 Å². The maximum atomic E-state index is 13.4. The molecule has 3 heterocycles. The normalized spacial score (nSPS) is 15.7. The molecule has 0 bridgehead atoms. The van der Waals surface area contributed by atoms with E-state index in [-0.39, 0.29) is 16.9 Å². The van der Waals surface area contributed by atoms with Crippen molar-refractivity contribution in [3.63, 3.8) is 0 Å². The summed E-state index contributed by atoms with van der Waals surface area (Å²) >= 11 is 1.01. The molecule has 0 atom stereocenters. The lowest BCUT2D eigenvalue weighted by molar-refractivity contribution is -0.141. The average Bonchev–Trinajstić information content (AvgIpc) is 3.16. The molecular weight excluding hydrogens is 391 g/mol. The van der Waals surface area contributed by atoms with Crippen LogP contribution in [0.25, 0.3) is 11.4 Å². The van der Waals surface area contributed by atoms with Crippen molar-refractivity contribution in [1.82, 2.24) is 35.2 Å². The van der Waals surface area contributed by atoms with E-state index in [2.05, 4.69) is 30.5 Å². The third-order valence-corrected chi connectivity index (χ3v) is 5.38. The van der Waals surface area contributed by atoms with Crippen molar-refractivity contribution in [2.75, 3.05) is 0 Å². The van der Waals surface area contributed by atoms with E-state index in [0.717, 1.165) is 43.5 Å². The molecule has 0 unspecified atom stereocenters. The molecule has 0 aliphatic heterocycles. The minimum absolute atomic E-state index is 0.0172. The molecule has 4 rings (SSSR count). The summed E-state index contributed by atoms with van der Waals surface area (Å²) < 4.78 is 41.8. The van der Waals surface area contributed by atoms with Crippen molar-refractivity contribution < 1.29 is 13.2 Å². The molecule has 0 spiro atoms. The highest BCUT2D eigenvalue weighted by molar-refractivity contribution is 7.99. The van der Waals surface area contributed by atoms with E-state index in [0.29, 0.717) is 10.7 Å². The summed E-state index contributed by atoms with van der Waals surface area (Å²) in [4.78, 5) is 11.9. The van der Waals surface area contributed by atoms with Gasteiger partial charge in [-0.15, -0.1) is 5.10 Å². The summed E-state index contributed by atoms with van der Waals surface area (Å²) in [5, 5.41) is 12.3. The van der Waals surface area contributed by atoms with Gasteiger partial charge in [0.2, 0.25) is 5.16 Å². The standard InChI is InChI=1S/C17H16F3N7S/c18-17(19,20)13-10-14(23-15(22-13)11-6-8-21-9-7-11)28-16-24-25-26-27(16)12-4-2-1-3-5-12/h6-10,12H,1-5H2. The molecular formula is C17H16F3N7S. The summed E-state index contributed by atoms with van der Waals surface area (Å²) in [6.45, 7) is 0. The van der Waals surface area contributed by atoms with Crippen molar-refractivity contribution in [3.05, 3.63) is 36.3 Å². The second-order valence-corrected chi connectivity index (χ2v) is 7.44. The number of pyridine rings is 1. The Balaban J connectivity index is 1.69. The Morgan fingerprint density at radius 1 is 1.04 bits per heavy atom. The first kappa shape index (κ1) is 18.8. The number of alkyl halides is 3. The molecule has 28 heavy (non-hydrogen) atoms. The molecule has 0 N–H and O–H groups in total. The third-order valence-electron chi connectivity index (χ3n) is 4.51. The molecule has 1 saturated carbocycles. The highest BCUT2D eigenvalue weighted by atomic mass is 32.2. The van der Waals surface area contributed by atoms with Crippen molar-refractivity contribution in [2.24, 2.45) is 0 Å². The summed E-state index contributed by atoms with van der Waals surface area (Å²) in [6.07, 6.45) is 3.65. The van der Waals surface area contributed by atoms with Gasteiger partial charge in [-0.25, -0.2) is 14.6 Å². The Morgan fingerprint density at radius 3 is 2.50 bits per heavy atom. The molecule has 146 valence electrons. The van der Waals surface area contributed by atoms with Crippen LogP contribution >= 0.6 is 11.8 Å². The van der Waals surface area contributed by atoms with Crippen LogP contribution in [0.5, 0.6) is 0 Å². The fourth-order valence-corrected chi connectivity index (χ4v) is 4.00. The second-order valence-electron chi connectivity index (χ2n) is 6.45. The fourth-order valence-electron chi connectivity index (χ4n) is 3.15. The van der Waals surface area contributed by atoms with Crippen LogP contribution in [0.1, 0.15) is 43.8 Å². The van der Waals surface area contributed by atoms with Gasteiger partial charge in [-0.2, -0.15) is 13.2 Å². The summed E-state index contributed by atoms with van der Waals surface area (Å²) in [5.74, 6) is -0.0172. The topological polar surface area (TPSA) is 82.3 Å². The van der Waals surface area contributed by atoms with Crippen LogP contribution in [0.3, 0.4) is 0 Å². The van der Waals surface area contributed by atoms with Gasteiger partial charge < -0.3 is 0 Å². The highest BCUT2D eigenvalue weighted by Gasteiger charge is 2.34. The number of aromatic nitrogens is 7. The maximum absolute atomic E-state index is 13.4. The van der Waals surface area contributed by atoms with Crippen LogP contribution in [0, 0.1) is 0 Å². The van der Waals surface area contributed by atoms with Gasteiger partial charge in [-0.1, -0.05) is 19.3 Å². The van der Waals surface area contributed by atoms with E-state index in [1.165, 1.54) is 18.8 Å². The molecule has 0 saturated heterocycles. The predicted octanol–water partition coefficient (Wildman–Crippen LogP) is 4.20. The van der Waals surface area contributed by atoms with Crippen molar-refractivity contribution in [2.45, 2.75) is 54.5 Å². The lowest BCUT2D eigenvalue weighted by Gasteiger charge is -2.21. The quantitative estimate of drug-likeness (QED) is 0.600. The van der Waals surface area contributed by atoms with Gasteiger partial charge in [0.05, 0.1) is 6.04 Å². The van der Waals surface area contributed by atoms with E-state index in [1.54, 1.807) is 16.8 Å². The zero-order valence-corrected chi connectivity index (χ0v) is 15.5. The van der Waals surface area contributed by atoms with Crippen LogP contribution < -0.4 is 0 Å². The Labute approximate surface area is 162 Å². The first-order chi connectivity index (χ1) is 13.5. The second kappa shape index (κ2) is 7.82. The van der Waals surface area contributed by atoms with Crippen LogP contribution in [0.15, 0.2) is 40.8 Å². The minimum Gasteiger partial charge on any atom is -0.265 e. The van der Waals surface area contributed by atoms with Crippen molar-refractivity contribution >= 4 is 11.8 Å². The number of rotatable bonds is 4. The van der Waals surface area contributed by atoms with Gasteiger partial charge in [0, 0.05) is 24.0 Å². The zero-order valence-electron chi connectivity index (χ0n) is 14.7. The molecule has 0 radical (unpaired) electrons. The van der Waals surface area contributed by atoms with Gasteiger partial charge >= 0.3 is 6.18 Å². The summed E-state index contributed by atoms with van der Waals surface area (Å²) in [7, 11) is 0. The molecule has 0 aromatic carbocycles. The molecule has 11 heteroatoms. The number of tetrazole rings is 1. The van der Waals surface area contributed by atoms with Gasteiger partial charge in [-0.3, -0.25) is 4.98 Å². The highest BCUT2D eigenvalue weighted by Crippen LogP contribution is 2.35. The molecule has 0 amide bonds. The van der Waals surface area contributed by atoms with E-state index in [1.807, 2.05) is 0 Å². The van der Waals surface area contributed by atoms with Crippen LogP contribution in [-0.4, -0.2) is 35.2 Å². The van der Waals surface area contributed by atoms with Gasteiger partial charge in [0.1, 0.15) is 10.7 Å². The fraction of sp³-hybridized carbons (Fsp3) is 0.412. The smallest absolute Gasteiger partial charge is 0.265 e. The lowest BCUT2D eigenvalue weighted by Crippen LogP contribution is -2.15. The number of hydrogen-bond acceptors (Lipinski definition) is 7. The van der Waals surface area contributed by atoms with Crippen LogP contribution in [-0.2, 0) is 6.18 Å². The number of nitrogens with zero attached hydrogens (tertiary/aromatic N) is 7. The number of halogens is 3. The van der Waals surface area contributed by atoms with Crippen molar-refractivity contribution in [3.8, 4) is 11.4 Å². The van der Waals surface area contributed by atoms with Crippen LogP contribution in [0.4, 0.5) is 13.2 Å². The van der Waals surface area contributed by atoms with E-state index >= 15 is 0 Å². The first-order valence-corrected chi connectivity index (χ1v) is 9.65. The van der Waals surface area contributed by atoms with E-state index in [9.17, 15) is 13.2 Å². The Kier molecular flexibility index (Phi) is 5.25. The molecule has 1 aliphatic rings. The van der Waals surface area contributed by atoms with Gasteiger partial charge in [0.15, 0.2) is 5.82 Å². The van der Waals surface area contributed by atoms with Crippen molar-refractivity contribution in [1.29, 1.82) is 0 Å². The largest absolute Gasteiger partial charge is 0.433 e. The summed E-state index contributed by atoms with van der Waals surface area (Å²) in [6, 6.07) is 4.22. The third kappa shape index (κ3) is 4.13. The van der Waals surface area contributed by atoms with Gasteiger partial charge in [0.25, 0.3) is 0 Å². The SMILES string of the molecule is FC(F)(F)c1cc(Sc2nnnn2C2CCCCC2)nc(-c2ccncc2)n1. The number of hydrogen-bond donors (Lipinski definition) is 0. The Hall–Kier alpha value is -2.56. The summed E-state index contributed by atoms with van der Waals surface area (Å²) in [5.41, 5.74) is -0.552. The lowest BCUT2D eigenvalue weighted by atomic mass is 9.96. The average molecular weight is 407 g/mol. The van der Waals surface area contributed by atoms with Crippen LogP contribution in [0.2, 0.25) is 0 Å². The predicted molar refractivity (Wildman–Crippen MR) is 94.3 cm³/mol. The first-order valence-electron chi connectivity index (χ1n) is 8.83. The molecule has 7 nitrogen and oxygen atoms in total. The maximum Gasteiger partial charge on any atom is 0.433 e. The van der Waals surface area contributed by atoms with E-state index < -0.39 is 11.9 Å². The molecule has 3 aromatic rings. The molecule has 3 aromatic heterocycles. The Morgan fingerprint density at radius 2 is 1.79 bits per heavy atom.